The molecule has 0 amide bonds. The van der Waals surface area contributed by atoms with Crippen LogP contribution in [0.15, 0.2) is 59.1 Å². The molecule has 0 atom stereocenters. The van der Waals surface area contributed by atoms with E-state index in [1.165, 1.54) is 43.8 Å². The third-order valence-corrected chi connectivity index (χ3v) is 7.11. The quantitative estimate of drug-likeness (QED) is 0.273. The van der Waals surface area contributed by atoms with Gasteiger partial charge in [0, 0.05) is 28.1 Å². The summed E-state index contributed by atoms with van der Waals surface area (Å²) in [5, 5.41) is 5.00. The van der Waals surface area contributed by atoms with Crippen LogP contribution in [-0.4, -0.2) is 4.98 Å². The standard InChI is InChI=1S/C30H29NO/c1-17-16-31-26-21-13-11-18-9-7-8-10-20(18)25(21)30(5,6)22-14-12-19(15-29(2,3)4)28-23(22)24(26)27(17)32-28/h7-14,16H,15H2,1-6H3. The van der Waals surface area contributed by atoms with Crippen LogP contribution in [0.5, 0.6) is 0 Å². The van der Waals surface area contributed by atoms with E-state index in [4.69, 9.17) is 9.40 Å². The van der Waals surface area contributed by atoms with Crippen LogP contribution in [0.4, 0.5) is 0 Å². The first-order valence-electron chi connectivity index (χ1n) is 11.5. The van der Waals surface area contributed by atoms with Gasteiger partial charge in [-0.1, -0.05) is 83.1 Å². The van der Waals surface area contributed by atoms with Crippen LogP contribution in [0.1, 0.15) is 56.9 Å². The molecule has 5 aromatic rings. The van der Waals surface area contributed by atoms with Crippen molar-refractivity contribution in [2.24, 2.45) is 5.41 Å². The molecule has 0 bridgehead atoms. The Labute approximate surface area is 189 Å². The van der Waals surface area contributed by atoms with Crippen molar-refractivity contribution in [3.05, 3.63) is 77.0 Å². The minimum Gasteiger partial charge on any atom is -0.455 e. The van der Waals surface area contributed by atoms with Gasteiger partial charge in [-0.05, 0) is 46.2 Å². The smallest absolute Gasteiger partial charge is 0.142 e. The molecular weight excluding hydrogens is 390 g/mol. The Morgan fingerprint density at radius 3 is 2.47 bits per heavy atom. The lowest BCUT2D eigenvalue weighted by Gasteiger charge is -2.30. The number of hydrogen-bond acceptors (Lipinski definition) is 2. The van der Waals surface area contributed by atoms with Gasteiger partial charge >= 0.3 is 0 Å². The summed E-state index contributed by atoms with van der Waals surface area (Å²) in [5.74, 6) is 0. The molecule has 1 aliphatic rings. The molecule has 6 rings (SSSR count). The molecule has 160 valence electrons. The van der Waals surface area contributed by atoms with Gasteiger partial charge in [0.05, 0.1) is 11.1 Å². The summed E-state index contributed by atoms with van der Waals surface area (Å²) in [6.45, 7) is 13.7. The second kappa shape index (κ2) is 6.22. The lowest BCUT2D eigenvalue weighted by Crippen LogP contribution is -2.20. The van der Waals surface area contributed by atoms with E-state index in [9.17, 15) is 0 Å². The molecule has 2 heteroatoms. The van der Waals surface area contributed by atoms with Crippen molar-refractivity contribution in [1.82, 2.24) is 4.98 Å². The predicted molar refractivity (Wildman–Crippen MR) is 134 cm³/mol. The van der Waals surface area contributed by atoms with Gasteiger partial charge in [0.15, 0.2) is 0 Å². The van der Waals surface area contributed by atoms with Crippen molar-refractivity contribution in [2.75, 3.05) is 0 Å². The van der Waals surface area contributed by atoms with Crippen LogP contribution in [-0.2, 0) is 11.8 Å². The first kappa shape index (κ1) is 19.5. The Balaban J connectivity index is 1.85. The van der Waals surface area contributed by atoms with E-state index in [0.29, 0.717) is 0 Å². The average Bonchev–Trinajstić information content (AvgIpc) is 3.11. The van der Waals surface area contributed by atoms with E-state index in [1.807, 2.05) is 6.20 Å². The number of aromatic nitrogens is 1. The highest BCUT2D eigenvalue weighted by molar-refractivity contribution is 6.17. The van der Waals surface area contributed by atoms with E-state index < -0.39 is 0 Å². The fourth-order valence-electron chi connectivity index (χ4n) is 5.76. The van der Waals surface area contributed by atoms with Gasteiger partial charge in [-0.15, -0.1) is 0 Å². The zero-order valence-electron chi connectivity index (χ0n) is 19.8. The minimum atomic E-state index is -0.194. The third-order valence-electron chi connectivity index (χ3n) is 7.11. The van der Waals surface area contributed by atoms with Crippen molar-refractivity contribution in [2.45, 2.75) is 53.4 Å². The Bertz CT molecular complexity index is 1560. The van der Waals surface area contributed by atoms with Gasteiger partial charge in [-0.2, -0.15) is 0 Å². The summed E-state index contributed by atoms with van der Waals surface area (Å²) < 4.78 is 6.67. The molecule has 3 aromatic carbocycles. The van der Waals surface area contributed by atoms with Gasteiger partial charge in [0.25, 0.3) is 0 Å². The summed E-state index contributed by atoms with van der Waals surface area (Å²) in [4.78, 5) is 5.01. The Morgan fingerprint density at radius 2 is 1.69 bits per heavy atom. The zero-order chi connectivity index (χ0) is 22.4. The molecule has 2 nitrogen and oxygen atoms in total. The zero-order valence-corrected chi connectivity index (χ0v) is 19.8. The van der Waals surface area contributed by atoms with Crippen molar-refractivity contribution in [3.8, 4) is 11.3 Å². The third kappa shape index (κ3) is 2.56. The number of furan rings is 1. The first-order valence-corrected chi connectivity index (χ1v) is 11.5. The van der Waals surface area contributed by atoms with Crippen LogP contribution < -0.4 is 0 Å². The highest BCUT2D eigenvalue weighted by Gasteiger charge is 2.36. The molecule has 0 spiro atoms. The van der Waals surface area contributed by atoms with Crippen LogP contribution >= 0.6 is 0 Å². The van der Waals surface area contributed by atoms with E-state index in [-0.39, 0.29) is 10.8 Å². The number of pyridine rings is 1. The van der Waals surface area contributed by atoms with Crippen LogP contribution in [0, 0.1) is 12.3 Å². The van der Waals surface area contributed by atoms with Crippen LogP contribution in [0.25, 0.3) is 44.0 Å². The number of nitrogens with zero attached hydrogens (tertiary/aromatic N) is 1. The van der Waals surface area contributed by atoms with Crippen molar-refractivity contribution in [1.29, 1.82) is 0 Å². The average molecular weight is 420 g/mol. The normalized spacial score (nSPS) is 14.9. The molecule has 2 aromatic heterocycles. The maximum atomic E-state index is 6.67. The first-order chi connectivity index (χ1) is 15.2. The summed E-state index contributed by atoms with van der Waals surface area (Å²) >= 11 is 0. The van der Waals surface area contributed by atoms with Gasteiger partial charge in [0.1, 0.15) is 11.2 Å². The maximum Gasteiger partial charge on any atom is 0.142 e. The predicted octanol–water partition coefficient (Wildman–Crippen LogP) is 8.34. The van der Waals surface area contributed by atoms with E-state index in [2.05, 4.69) is 90.1 Å². The van der Waals surface area contributed by atoms with Gasteiger partial charge in [0.2, 0.25) is 0 Å². The van der Waals surface area contributed by atoms with Crippen molar-refractivity contribution in [3.63, 3.8) is 0 Å². The molecule has 0 saturated heterocycles. The number of fused-ring (bicyclic) bond motifs is 4. The molecule has 0 aliphatic heterocycles. The van der Waals surface area contributed by atoms with Crippen LogP contribution in [0.2, 0.25) is 0 Å². The van der Waals surface area contributed by atoms with Gasteiger partial charge in [-0.25, -0.2) is 0 Å². The largest absolute Gasteiger partial charge is 0.455 e. The Hall–Kier alpha value is -3.13. The second-order valence-corrected chi connectivity index (χ2v) is 11.1. The number of rotatable bonds is 1. The summed E-state index contributed by atoms with van der Waals surface area (Å²) in [7, 11) is 0. The van der Waals surface area contributed by atoms with Crippen molar-refractivity contribution < 1.29 is 4.42 Å². The molecule has 0 N–H and O–H groups in total. The Morgan fingerprint density at radius 1 is 0.906 bits per heavy atom. The highest BCUT2D eigenvalue weighted by atomic mass is 16.3. The fourth-order valence-corrected chi connectivity index (χ4v) is 5.76. The van der Waals surface area contributed by atoms with E-state index in [1.54, 1.807) is 0 Å². The molecule has 2 heterocycles. The summed E-state index contributed by atoms with van der Waals surface area (Å²) in [6.07, 6.45) is 2.95. The maximum absolute atomic E-state index is 6.67. The number of hydrogen-bond donors (Lipinski definition) is 0. The highest BCUT2D eigenvalue weighted by Crippen LogP contribution is 2.52. The topological polar surface area (TPSA) is 26.0 Å². The molecular formula is C30H29NO. The van der Waals surface area contributed by atoms with Crippen molar-refractivity contribution >= 4 is 32.7 Å². The molecule has 0 saturated carbocycles. The van der Waals surface area contributed by atoms with E-state index >= 15 is 0 Å². The summed E-state index contributed by atoms with van der Waals surface area (Å²) in [6, 6.07) is 17.9. The lowest BCUT2D eigenvalue weighted by atomic mass is 9.73. The second-order valence-electron chi connectivity index (χ2n) is 11.1. The monoisotopic (exact) mass is 419 g/mol. The molecule has 1 aliphatic carbocycles. The molecule has 0 fully saturated rings. The molecule has 0 unspecified atom stereocenters. The van der Waals surface area contributed by atoms with E-state index in [0.717, 1.165) is 28.8 Å². The summed E-state index contributed by atoms with van der Waals surface area (Å²) in [5.41, 5.74) is 9.32. The van der Waals surface area contributed by atoms with Gasteiger partial charge < -0.3 is 4.42 Å². The number of benzene rings is 3. The lowest BCUT2D eigenvalue weighted by molar-refractivity contribution is 0.410. The Kier molecular flexibility index (Phi) is 3.80. The number of aryl methyl sites for hydroxylation is 1. The SMILES string of the molecule is Cc1cnc2c3c1oc1c(CC(C)(C)C)ccc(c13)C(C)(C)c1c-2ccc2ccccc12. The fraction of sp³-hybridized carbons (Fsp3) is 0.300. The molecule has 32 heavy (non-hydrogen) atoms. The minimum absolute atomic E-state index is 0.179. The van der Waals surface area contributed by atoms with Gasteiger partial charge in [-0.3, -0.25) is 4.98 Å². The molecule has 0 radical (unpaired) electrons. The van der Waals surface area contributed by atoms with Crippen LogP contribution in [0.3, 0.4) is 0 Å².